The number of aromatic nitrogens is 2. The van der Waals surface area contributed by atoms with Crippen LogP contribution >= 0.6 is 0 Å². The minimum Gasteiger partial charge on any atom is -0.385 e. The van der Waals surface area contributed by atoms with Gasteiger partial charge in [-0.05, 0) is 13.0 Å². The van der Waals surface area contributed by atoms with E-state index >= 15 is 0 Å². The molecule has 0 unspecified atom stereocenters. The summed E-state index contributed by atoms with van der Waals surface area (Å²) in [6, 6.07) is 0. The number of aryl methyl sites for hydroxylation is 1. The highest BCUT2D eigenvalue weighted by Gasteiger charge is 2.11. The van der Waals surface area contributed by atoms with E-state index in [1.807, 2.05) is 13.2 Å². The first-order valence-electron chi connectivity index (χ1n) is 4.35. The number of nitrogens with one attached hydrogen (secondary N) is 2. The molecule has 1 aliphatic rings. The summed E-state index contributed by atoms with van der Waals surface area (Å²) in [7, 11) is 1.93. The number of hydrogen-bond donors (Lipinski definition) is 2. The Morgan fingerprint density at radius 1 is 1.67 bits per heavy atom. The normalized spacial score (nSPS) is 16.8. The van der Waals surface area contributed by atoms with Gasteiger partial charge in [0.1, 0.15) is 0 Å². The maximum Gasteiger partial charge on any atom is 0.0770 e. The molecule has 0 spiro atoms. The third-order valence-corrected chi connectivity index (χ3v) is 2.23. The highest BCUT2D eigenvalue weighted by Crippen LogP contribution is 2.15. The van der Waals surface area contributed by atoms with E-state index in [0.29, 0.717) is 0 Å². The standard InChI is InChI=1S/C8H14N4/c1-9-7-5-11-12-4-2-3-10-6-8(7)12/h5,9-10H,2-4,6H2,1H3. The molecule has 2 heterocycles. The van der Waals surface area contributed by atoms with Crippen molar-refractivity contribution in [2.24, 2.45) is 0 Å². The Kier molecular flexibility index (Phi) is 1.99. The summed E-state index contributed by atoms with van der Waals surface area (Å²) in [5.74, 6) is 0. The van der Waals surface area contributed by atoms with Crippen LogP contribution in [0.1, 0.15) is 12.1 Å². The fraction of sp³-hybridized carbons (Fsp3) is 0.625. The van der Waals surface area contributed by atoms with Crippen LogP contribution in [0, 0.1) is 0 Å². The van der Waals surface area contributed by atoms with Gasteiger partial charge in [-0.1, -0.05) is 0 Å². The molecular weight excluding hydrogens is 152 g/mol. The molecule has 0 saturated heterocycles. The van der Waals surface area contributed by atoms with E-state index in [0.717, 1.165) is 31.7 Å². The van der Waals surface area contributed by atoms with Gasteiger partial charge in [0.15, 0.2) is 0 Å². The first-order chi connectivity index (χ1) is 5.92. The molecule has 1 aromatic rings. The highest BCUT2D eigenvalue weighted by atomic mass is 15.3. The molecule has 2 rings (SSSR count). The SMILES string of the molecule is CNc1cnn2c1CNCCC2. The second-order valence-corrected chi connectivity index (χ2v) is 3.01. The predicted molar refractivity (Wildman–Crippen MR) is 48.1 cm³/mol. The Morgan fingerprint density at radius 2 is 2.58 bits per heavy atom. The number of anilines is 1. The molecule has 66 valence electrons. The van der Waals surface area contributed by atoms with Crippen LogP contribution in [-0.2, 0) is 13.1 Å². The van der Waals surface area contributed by atoms with Crippen LogP contribution in [0.4, 0.5) is 5.69 Å². The maximum atomic E-state index is 4.30. The number of hydrogen-bond acceptors (Lipinski definition) is 3. The fourth-order valence-electron chi connectivity index (χ4n) is 1.56. The molecule has 2 N–H and O–H groups in total. The summed E-state index contributed by atoms with van der Waals surface area (Å²) in [6.07, 6.45) is 3.06. The summed E-state index contributed by atoms with van der Waals surface area (Å²) in [6.45, 7) is 3.05. The van der Waals surface area contributed by atoms with Crippen molar-refractivity contribution in [2.75, 3.05) is 18.9 Å². The van der Waals surface area contributed by atoms with Gasteiger partial charge >= 0.3 is 0 Å². The third-order valence-electron chi connectivity index (χ3n) is 2.23. The summed E-state index contributed by atoms with van der Waals surface area (Å²) >= 11 is 0. The third kappa shape index (κ3) is 1.18. The van der Waals surface area contributed by atoms with Gasteiger partial charge in [-0.3, -0.25) is 4.68 Å². The van der Waals surface area contributed by atoms with E-state index in [-0.39, 0.29) is 0 Å². The maximum absolute atomic E-state index is 4.30. The van der Waals surface area contributed by atoms with Crippen molar-refractivity contribution in [2.45, 2.75) is 19.5 Å². The lowest BCUT2D eigenvalue weighted by molar-refractivity contribution is 0.587. The van der Waals surface area contributed by atoms with Gasteiger partial charge in [-0.15, -0.1) is 0 Å². The lowest BCUT2D eigenvalue weighted by Crippen LogP contribution is -2.13. The van der Waals surface area contributed by atoms with Crippen LogP contribution < -0.4 is 10.6 Å². The molecule has 4 nitrogen and oxygen atoms in total. The van der Waals surface area contributed by atoms with Crippen molar-refractivity contribution < 1.29 is 0 Å². The van der Waals surface area contributed by atoms with E-state index in [2.05, 4.69) is 20.4 Å². The van der Waals surface area contributed by atoms with Gasteiger partial charge in [0.2, 0.25) is 0 Å². The minimum atomic E-state index is 0.927. The number of fused-ring (bicyclic) bond motifs is 1. The molecular formula is C8H14N4. The highest BCUT2D eigenvalue weighted by molar-refractivity contribution is 5.45. The van der Waals surface area contributed by atoms with E-state index in [1.165, 1.54) is 5.69 Å². The van der Waals surface area contributed by atoms with Crippen molar-refractivity contribution in [3.63, 3.8) is 0 Å². The predicted octanol–water partition coefficient (Wildman–Crippen LogP) is 0.418. The van der Waals surface area contributed by atoms with Crippen LogP contribution in [0.15, 0.2) is 6.20 Å². The first-order valence-corrected chi connectivity index (χ1v) is 4.35. The molecule has 0 aliphatic carbocycles. The van der Waals surface area contributed by atoms with E-state index in [9.17, 15) is 0 Å². The Balaban J connectivity index is 2.32. The van der Waals surface area contributed by atoms with Gasteiger partial charge in [-0.2, -0.15) is 5.10 Å². The summed E-state index contributed by atoms with van der Waals surface area (Å²) < 4.78 is 2.08. The second kappa shape index (κ2) is 3.15. The van der Waals surface area contributed by atoms with Crippen molar-refractivity contribution >= 4 is 5.69 Å². The average Bonchev–Trinajstić information content (AvgIpc) is 2.33. The van der Waals surface area contributed by atoms with Gasteiger partial charge in [0.05, 0.1) is 17.6 Å². The van der Waals surface area contributed by atoms with Crippen LogP contribution in [0.25, 0.3) is 0 Å². The fourth-order valence-corrected chi connectivity index (χ4v) is 1.56. The van der Waals surface area contributed by atoms with Crippen LogP contribution in [0.3, 0.4) is 0 Å². The van der Waals surface area contributed by atoms with Crippen LogP contribution in [0.2, 0.25) is 0 Å². The molecule has 0 aromatic carbocycles. The molecule has 0 saturated carbocycles. The molecule has 0 atom stereocenters. The van der Waals surface area contributed by atoms with Crippen molar-refractivity contribution in [1.82, 2.24) is 15.1 Å². The average molecular weight is 166 g/mol. The topological polar surface area (TPSA) is 41.9 Å². The van der Waals surface area contributed by atoms with Gasteiger partial charge in [0, 0.05) is 20.1 Å². The van der Waals surface area contributed by atoms with Crippen molar-refractivity contribution in [3.8, 4) is 0 Å². The molecule has 4 heteroatoms. The lowest BCUT2D eigenvalue weighted by atomic mass is 10.3. The molecule has 0 amide bonds. The van der Waals surface area contributed by atoms with Gasteiger partial charge in [-0.25, -0.2) is 0 Å². The summed E-state index contributed by atoms with van der Waals surface area (Å²) in [5, 5.41) is 10.8. The molecule has 0 radical (unpaired) electrons. The van der Waals surface area contributed by atoms with E-state index in [1.54, 1.807) is 0 Å². The van der Waals surface area contributed by atoms with E-state index in [4.69, 9.17) is 0 Å². The van der Waals surface area contributed by atoms with Gasteiger partial charge in [0.25, 0.3) is 0 Å². The largest absolute Gasteiger partial charge is 0.385 e. The van der Waals surface area contributed by atoms with Crippen LogP contribution in [-0.4, -0.2) is 23.4 Å². The van der Waals surface area contributed by atoms with Crippen molar-refractivity contribution in [1.29, 1.82) is 0 Å². The van der Waals surface area contributed by atoms with Crippen LogP contribution in [0.5, 0.6) is 0 Å². The quantitative estimate of drug-likeness (QED) is 0.635. The van der Waals surface area contributed by atoms with Gasteiger partial charge < -0.3 is 10.6 Å². The summed E-state index contributed by atoms with van der Waals surface area (Å²) in [5.41, 5.74) is 2.42. The lowest BCUT2D eigenvalue weighted by Gasteiger charge is -2.03. The monoisotopic (exact) mass is 166 g/mol. The molecule has 1 aromatic heterocycles. The Hall–Kier alpha value is -1.03. The second-order valence-electron chi connectivity index (χ2n) is 3.01. The number of nitrogens with zero attached hydrogens (tertiary/aromatic N) is 2. The summed E-state index contributed by atoms with van der Waals surface area (Å²) in [4.78, 5) is 0. The Labute approximate surface area is 72.0 Å². The molecule has 12 heavy (non-hydrogen) atoms. The minimum absolute atomic E-state index is 0.927. The Morgan fingerprint density at radius 3 is 3.42 bits per heavy atom. The Bertz CT molecular complexity index is 266. The number of rotatable bonds is 1. The van der Waals surface area contributed by atoms with E-state index < -0.39 is 0 Å². The smallest absolute Gasteiger partial charge is 0.0770 e. The van der Waals surface area contributed by atoms with Crippen molar-refractivity contribution in [3.05, 3.63) is 11.9 Å². The zero-order valence-electron chi connectivity index (χ0n) is 7.30. The molecule has 1 aliphatic heterocycles. The molecule has 0 bridgehead atoms. The first kappa shape index (κ1) is 7.61. The molecule has 0 fully saturated rings. The zero-order chi connectivity index (χ0) is 8.39. The zero-order valence-corrected chi connectivity index (χ0v) is 7.30.